The topological polar surface area (TPSA) is 80.8 Å². The summed E-state index contributed by atoms with van der Waals surface area (Å²) in [5, 5.41) is 3.09. The number of rotatable bonds is 5. The molecular weight excluding hydrogens is 358 g/mol. The predicted molar refractivity (Wildman–Crippen MR) is 103 cm³/mol. The second kappa shape index (κ2) is 7.50. The number of hydrogen-bond donors (Lipinski definition) is 1. The Labute approximate surface area is 163 Å². The Morgan fingerprint density at radius 2 is 2.00 bits per heavy atom. The van der Waals surface area contributed by atoms with Gasteiger partial charge in [-0.05, 0) is 43.0 Å². The van der Waals surface area contributed by atoms with Gasteiger partial charge in [0.05, 0.1) is 31.4 Å². The van der Waals surface area contributed by atoms with E-state index in [0.29, 0.717) is 35.1 Å². The molecule has 1 aliphatic carbocycles. The minimum absolute atomic E-state index is 0.0194. The number of nitrogens with zero attached hydrogens (tertiary/aromatic N) is 2. The first-order valence-corrected chi connectivity index (χ1v) is 9.35. The van der Waals surface area contributed by atoms with E-state index in [1.165, 1.54) is 7.11 Å². The van der Waals surface area contributed by atoms with Crippen LogP contribution in [0.2, 0.25) is 0 Å². The molecule has 1 N–H and O–H groups in total. The summed E-state index contributed by atoms with van der Waals surface area (Å²) < 4.78 is 10.7. The summed E-state index contributed by atoms with van der Waals surface area (Å²) in [6.45, 7) is 0.698. The number of methoxy groups -OCH3 is 2. The van der Waals surface area contributed by atoms with Crippen molar-refractivity contribution < 1.29 is 19.1 Å². The summed E-state index contributed by atoms with van der Waals surface area (Å²) >= 11 is 0. The number of piperidine rings is 1. The molecule has 1 saturated carbocycles. The molecule has 2 aliphatic rings. The van der Waals surface area contributed by atoms with Gasteiger partial charge >= 0.3 is 0 Å². The van der Waals surface area contributed by atoms with Crippen molar-refractivity contribution >= 4 is 11.8 Å². The summed E-state index contributed by atoms with van der Waals surface area (Å²) in [4.78, 5) is 31.6. The Bertz CT molecular complexity index is 886. The van der Waals surface area contributed by atoms with E-state index in [4.69, 9.17) is 9.47 Å². The van der Waals surface area contributed by atoms with Crippen LogP contribution in [-0.2, 0) is 0 Å². The van der Waals surface area contributed by atoms with Gasteiger partial charge in [0.2, 0.25) is 0 Å². The van der Waals surface area contributed by atoms with Crippen LogP contribution < -0.4 is 14.8 Å². The van der Waals surface area contributed by atoms with Crippen LogP contribution in [0.4, 0.5) is 0 Å². The standard InChI is InChI=1S/C21H23N3O4/c1-27-18-7-3-6-15(19(18)28-2)21(26)24-12-13-9-16(17(24)10-13)23-20(25)14-5-4-8-22-11-14/h3-8,11,13,16-17H,9-10,12H2,1-2H3,(H,23,25)/t13-,16+,17-/m1/s1. The van der Waals surface area contributed by atoms with Crippen molar-refractivity contribution in [1.29, 1.82) is 0 Å². The number of nitrogens with one attached hydrogen (secondary N) is 1. The van der Waals surface area contributed by atoms with Gasteiger partial charge in [-0.15, -0.1) is 0 Å². The number of aromatic nitrogens is 1. The maximum Gasteiger partial charge on any atom is 0.258 e. The molecule has 7 heteroatoms. The number of carbonyl (C=O) groups excluding carboxylic acids is 2. The Hall–Kier alpha value is -3.09. The lowest BCUT2D eigenvalue weighted by molar-refractivity contribution is 0.0645. The first-order chi connectivity index (χ1) is 13.6. The summed E-state index contributed by atoms with van der Waals surface area (Å²) in [6.07, 6.45) is 4.97. The fourth-order valence-corrected chi connectivity index (χ4v) is 4.37. The van der Waals surface area contributed by atoms with E-state index in [1.54, 1.807) is 49.8 Å². The van der Waals surface area contributed by atoms with E-state index in [-0.39, 0.29) is 23.9 Å². The van der Waals surface area contributed by atoms with Crippen LogP contribution in [0.5, 0.6) is 11.5 Å². The number of para-hydroxylation sites is 1. The second-order valence-corrected chi connectivity index (χ2v) is 7.23. The minimum Gasteiger partial charge on any atom is -0.493 e. The normalized spacial score (nSPS) is 22.8. The number of fused-ring (bicyclic) bond motifs is 2. The summed E-state index contributed by atoms with van der Waals surface area (Å²) in [5.74, 6) is 1.11. The van der Waals surface area contributed by atoms with E-state index in [0.717, 1.165) is 12.8 Å². The van der Waals surface area contributed by atoms with E-state index < -0.39 is 0 Å². The number of carbonyl (C=O) groups is 2. The third-order valence-corrected chi connectivity index (χ3v) is 5.62. The number of pyridine rings is 1. The molecule has 1 aromatic carbocycles. The Balaban J connectivity index is 1.53. The van der Waals surface area contributed by atoms with Gasteiger partial charge < -0.3 is 19.7 Å². The molecule has 7 nitrogen and oxygen atoms in total. The summed E-state index contributed by atoms with van der Waals surface area (Å²) in [7, 11) is 3.08. The van der Waals surface area contributed by atoms with Gasteiger partial charge in [-0.2, -0.15) is 0 Å². The SMILES string of the molecule is COc1cccc(C(=O)N2C[C@@H]3C[C@H](NC(=O)c4cccnc4)[C@H]2C3)c1OC. The molecule has 2 fully saturated rings. The van der Waals surface area contributed by atoms with Crippen LogP contribution in [0, 0.1) is 5.92 Å². The molecule has 3 atom stereocenters. The molecule has 1 aromatic heterocycles. The zero-order valence-electron chi connectivity index (χ0n) is 15.9. The van der Waals surface area contributed by atoms with Crippen molar-refractivity contribution in [2.24, 2.45) is 5.92 Å². The quantitative estimate of drug-likeness (QED) is 0.858. The fraction of sp³-hybridized carbons (Fsp3) is 0.381. The van der Waals surface area contributed by atoms with Crippen LogP contribution >= 0.6 is 0 Å². The highest BCUT2D eigenvalue weighted by Crippen LogP contribution is 2.40. The zero-order valence-corrected chi connectivity index (χ0v) is 15.9. The van der Waals surface area contributed by atoms with Gasteiger partial charge in [0.1, 0.15) is 0 Å². The van der Waals surface area contributed by atoms with Gasteiger partial charge in [0.15, 0.2) is 11.5 Å². The molecule has 2 heterocycles. The van der Waals surface area contributed by atoms with Crippen LogP contribution in [0.15, 0.2) is 42.7 Å². The van der Waals surface area contributed by atoms with Gasteiger partial charge in [0, 0.05) is 25.0 Å². The molecular formula is C21H23N3O4. The van der Waals surface area contributed by atoms with E-state index in [9.17, 15) is 9.59 Å². The number of ether oxygens (including phenoxy) is 2. The Morgan fingerprint density at radius 1 is 1.14 bits per heavy atom. The highest BCUT2D eigenvalue weighted by Gasteiger charge is 2.48. The third kappa shape index (κ3) is 3.17. The van der Waals surface area contributed by atoms with E-state index in [2.05, 4.69) is 10.3 Å². The second-order valence-electron chi connectivity index (χ2n) is 7.23. The lowest BCUT2D eigenvalue weighted by Gasteiger charge is -2.34. The van der Waals surface area contributed by atoms with Crippen molar-refractivity contribution in [1.82, 2.24) is 15.2 Å². The third-order valence-electron chi connectivity index (χ3n) is 5.62. The number of hydrogen-bond acceptors (Lipinski definition) is 5. The average molecular weight is 381 g/mol. The number of benzene rings is 1. The molecule has 2 aromatic rings. The van der Waals surface area contributed by atoms with Gasteiger partial charge in [0.25, 0.3) is 11.8 Å². The monoisotopic (exact) mass is 381 g/mol. The fourth-order valence-electron chi connectivity index (χ4n) is 4.37. The lowest BCUT2D eigenvalue weighted by Crippen LogP contribution is -2.52. The minimum atomic E-state index is -0.156. The van der Waals surface area contributed by atoms with Crippen LogP contribution in [0.1, 0.15) is 33.6 Å². The van der Waals surface area contributed by atoms with Gasteiger partial charge in [-0.25, -0.2) is 0 Å². The van der Waals surface area contributed by atoms with Gasteiger partial charge in [-0.1, -0.05) is 6.07 Å². The van der Waals surface area contributed by atoms with Crippen LogP contribution in [0.25, 0.3) is 0 Å². The van der Waals surface area contributed by atoms with Gasteiger partial charge in [-0.3, -0.25) is 14.6 Å². The predicted octanol–water partition coefficient (Wildman–Crippen LogP) is 2.13. The average Bonchev–Trinajstić information content (AvgIpc) is 3.33. The Kier molecular flexibility index (Phi) is 4.90. The molecule has 28 heavy (non-hydrogen) atoms. The van der Waals surface area contributed by atoms with Crippen molar-refractivity contribution in [2.75, 3.05) is 20.8 Å². The molecule has 146 valence electrons. The van der Waals surface area contributed by atoms with Crippen molar-refractivity contribution in [2.45, 2.75) is 24.9 Å². The molecule has 0 radical (unpaired) electrons. The first-order valence-electron chi connectivity index (χ1n) is 9.35. The number of amides is 2. The zero-order chi connectivity index (χ0) is 19.7. The molecule has 0 unspecified atom stereocenters. The van der Waals surface area contributed by atoms with Crippen LogP contribution in [0.3, 0.4) is 0 Å². The molecule has 1 saturated heterocycles. The largest absolute Gasteiger partial charge is 0.493 e. The molecule has 2 amide bonds. The number of likely N-dealkylation sites (tertiary alicyclic amines) is 1. The summed E-state index contributed by atoms with van der Waals surface area (Å²) in [6, 6.07) is 8.69. The van der Waals surface area contributed by atoms with E-state index in [1.807, 2.05) is 4.90 Å². The van der Waals surface area contributed by atoms with Crippen molar-refractivity contribution in [3.63, 3.8) is 0 Å². The van der Waals surface area contributed by atoms with E-state index >= 15 is 0 Å². The Morgan fingerprint density at radius 3 is 2.68 bits per heavy atom. The smallest absolute Gasteiger partial charge is 0.258 e. The van der Waals surface area contributed by atoms with Crippen LogP contribution in [-0.4, -0.2) is 54.5 Å². The maximum absolute atomic E-state index is 13.3. The van der Waals surface area contributed by atoms with Crippen molar-refractivity contribution in [3.8, 4) is 11.5 Å². The van der Waals surface area contributed by atoms with Crippen molar-refractivity contribution in [3.05, 3.63) is 53.9 Å². The maximum atomic E-state index is 13.3. The summed E-state index contributed by atoms with van der Waals surface area (Å²) in [5.41, 5.74) is 1.00. The molecule has 0 spiro atoms. The highest BCUT2D eigenvalue weighted by molar-refractivity contribution is 5.98. The lowest BCUT2D eigenvalue weighted by atomic mass is 10.0. The highest BCUT2D eigenvalue weighted by atomic mass is 16.5. The molecule has 1 aliphatic heterocycles. The molecule has 4 rings (SSSR count). The first kappa shape index (κ1) is 18.3. The molecule has 2 bridgehead atoms.